The molecule has 2 N–H and O–H groups in total. The maximum Gasteiger partial charge on any atom is 0.117 e. The summed E-state index contributed by atoms with van der Waals surface area (Å²) < 4.78 is 0. The van der Waals surface area contributed by atoms with Crippen LogP contribution in [0.3, 0.4) is 0 Å². The lowest BCUT2D eigenvalue weighted by Gasteiger charge is -2.34. The molecule has 1 fully saturated rings. The molecule has 3 aromatic rings. The van der Waals surface area contributed by atoms with Crippen LogP contribution in [0.25, 0.3) is 6.08 Å². The molecule has 0 bridgehead atoms. The van der Waals surface area contributed by atoms with Crippen LogP contribution in [-0.4, -0.2) is 21.1 Å². The minimum absolute atomic E-state index is 0.244. The summed E-state index contributed by atoms with van der Waals surface area (Å²) in [5, 5.41) is 21.0. The lowest BCUT2D eigenvalue weighted by Crippen LogP contribution is -2.31. The number of nitrogens with one attached hydrogen (secondary N) is 1. The van der Waals surface area contributed by atoms with Crippen molar-refractivity contribution in [3.05, 3.63) is 94.8 Å². The Morgan fingerprint density at radius 1 is 1.00 bits per heavy atom. The Balaban J connectivity index is 1.61. The third-order valence-corrected chi connectivity index (χ3v) is 6.29. The molecule has 0 unspecified atom stereocenters. The van der Waals surface area contributed by atoms with E-state index in [9.17, 15) is 5.21 Å². The second-order valence-corrected chi connectivity index (χ2v) is 7.79. The van der Waals surface area contributed by atoms with Gasteiger partial charge in [0.1, 0.15) is 11.4 Å². The van der Waals surface area contributed by atoms with Gasteiger partial charge in [-0.2, -0.15) is 5.10 Å². The van der Waals surface area contributed by atoms with Gasteiger partial charge >= 0.3 is 0 Å². The molecule has 4 heteroatoms. The van der Waals surface area contributed by atoms with Crippen molar-refractivity contribution in [2.45, 2.75) is 31.1 Å². The van der Waals surface area contributed by atoms with Crippen molar-refractivity contribution < 1.29 is 5.21 Å². The van der Waals surface area contributed by atoms with Crippen LogP contribution in [0, 0.1) is 5.92 Å². The van der Waals surface area contributed by atoms with E-state index in [1.165, 1.54) is 17.5 Å². The molecule has 0 atom stereocenters. The average Bonchev–Trinajstić information content (AvgIpc) is 3.14. The molecule has 1 saturated carbocycles. The van der Waals surface area contributed by atoms with Gasteiger partial charge in [-0.3, -0.25) is 5.10 Å². The highest BCUT2D eigenvalue weighted by atomic mass is 16.4. The number of oxime groups is 1. The van der Waals surface area contributed by atoms with Gasteiger partial charge in [0.25, 0.3) is 0 Å². The van der Waals surface area contributed by atoms with Crippen LogP contribution in [0.15, 0.2) is 71.9 Å². The van der Waals surface area contributed by atoms with E-state index in [-0.39, 0.29) is 5.41 Å². The maximum absolute atomic E-state index is 9.60. The zero-order valence-electron chi connectivity index (χ0n) is 15.7. The molecule has 5 rings (SSSR count). The quantitative estimate of drug-likeness (QED) is 0.389. The molecule has 2 aliphatic carbocycles. The standard InChI is InChI=1S/C24H23N3O/c28-27-22(17-8-7-9-17)23-20-14-15-24(16-21(20)25-26-23,18-10-3-1-4-11-18)19-12-5-2-6-13-19/h1-6,10-15,17,28H,7-9,16H2,(H,25,26)/b27-22-. The number of fused-ring (bicyclic) bond motifs is 1. The molecule has 0 saturated heterocycles. The molecular formula is C24H23N3O. The van der Waals surface area contributed by atoms with Crippen LogP contribution in [0.4, 0.5) is 0 Å². The average molecular weight is 369 g/mol. The second kappa shape index (κ2) is 6.79. The number of aromatic nitrogens is 2. The minimum Gasteiger partial charge on any atom is -0.411 e. The van der Waals surface area contributed by atoms with E-state index in [0.29, 0.717) is 5.92 Å². The number of nitrogens with zero attached hydrogens (tertiary/aromatic N) is 2. The fourth-order valence-corrected chi connectivity index (χ4v) is 4.50. The molecule has 0 spiro atoms. The van der Waals surface area contributed by atoms with Gasteiger partial charge in [0.2, 0.25) is 0 Å². The summed E-state index contributed by atoms with van der Waals surface area (Å²) in [5.74, 6) is 0.320. The number of benzene rings is 2. The number of allylic oxidation sites excluding steroid dienone is 1. The van der Waals surface area contributed by atoms with E-state index in [1.54, 1.807) is 0 Å². The van der Waals surface area contributed by atoms with Gasteiger partial charge in [-0.15, -0.1) is 0 Å². The largest absolute Gasteiger partial charge is 0.411 e. The van der Waals surface area contributed by atoms with E-state index in [2.05, 4.69) is 88.2 Å². The van der Waals surface area contributed by atoms with E-state index in [0.717, 1.165) is 41.9 Å². The van der Waals surface area contributed by atoms with Crippen molar-refractivity contribution in [3.8, 4) is 0 Å². The summed E-state index contributed by atoms with van der Waals surface area (Å²) in [4.78, 5) is 0. The number of aromatic amines is 1. The molecule has 1 aromatic heterocycles. The Labute approximate surface area is 164 Å². The topological polar surface area (TPSA) is 61.3 Å². The summed E-state index contributed by atoms with van der Waals surface area (Å²) >= 11 is 0. The van der Waals surface area contributed by atoms with Gasteiger partial charge < -0.3 is 5.21 Å². The highest BCUT2D eigenvalue weighted by Crippen LogP contribution is 2.42. The van der Waals surface area contributed by atoms with Crippen LogP contribution in [0.1, 0.15) is 47.3 Å². The van der Waals surface area contributed by atoms with Crippen molar-refractivity contribution in [3.63, 3.8) is 0 Å². The van der Waals surface area contributed by atoms with E-state index in [4.69, 9.17) is 0 Å². The lowest BCUT2D eigenvalue weighted by molar-refractivity contribution is 0.305. The van der Waals surface area contributed by atoms with Crippen LogP contribution in [0.2, 0.25) is 0 Å². The zero-order valence-corrected chi connectivity index (χ0v) is 15.7. The normalized spacial score (nSPS) is 18.5. The molecule has 140 valence electrons. The third kappa shape index (κ3) is 2.60. The van der Waals surface area contributed by atoms with Crippen molar-refractivity contribution in [2.24, 2.45) is 11.1 Å². The van der Waals surface area contributed by atoms with Crippen LogP contribution < -0.4 is 0 Å². The fraction of sp³-hybridized carbons (Fsp3) is 0.250. The Hall–Kier alpha value is -3.14. The molecule has 0 aliphatic heterocycles. The Bertz CT molecular complexity index is 991. The first-order valence-corrected chi connectivity index (χ1v) is 9.92. The zero-order chi connectivity index (χ0) is 19.0. The molecular weight excluding hydrogens is 346 g/mol. The van der Waals surface area contributed by atoms with Gasteiger partial charge in [-0.25, -0.2) is 0 Å². The predicted octanol–water partition coefficient (Wildman–Crippen LogP) is 4.94. The number of rotatable bonds is 4. The molecule has 2 aromatic carbocycles. The van der Waals surface area contributed by atoms with Gasteiger partial charge in [0.05, 0.1) is 0 Å². The van der Waals surface area contributed by atoms with Gasteiger partial charge in [0.15, 0.2) is 0 Å². The highest BCUT2D eigenvalue weighted by Gasteiger charge is 2.38. The van der Waals surface area contributed by atoms with Crippen molar-refractivity contribution in [1.29, 1.82) is 0 Å². The van der Waals surface area contributed by atoms with Gasteiger partial charge in [-0.05, 0) is 24.0 Å². The second-order valence-electron chi connectivity index (χ2n) is 7.79. The summed E-state index contributed by atoms with van der Waals surface area (Å²) in [6.07, 6.45) is 8.57. The number of hydrogen-bond donors (Lipinski definition) is 2. The van der Waals surface area contributed by atoms with E-state index in [1.807, 2.05) is 0 Å². The lowest BCUT2D eigenvalue weighted by atomic mass is 9.68. The highest BCUT2D eigenvalue weighted by molar-refractivity contribution is 6.03. The summed E-state index contributed by atoms with van der Waals surface area (Å²) in [7, 11) is 0. The number of H-pyrrole nitrogens is 1. The first-order chi connectivity index (χ1) is 13.8. The Morgan fingerprint density at radius 2 is 1.64 bits per heavy atom. The van der Waals surface area contributed by atoms with E-state index < -0.39 is 0 Å². The van der Waals surface area contributed by atoms with Gasteiger partial charge in [0, 0.05) is 29.0 Å². The van der Waals surface area contributed by atoms with Crippen LogP contribution in [0.5, 0.6) is 0 Å². The first-order valence-electron chi connectivity index (χ1n) is 9.92. The van der Waals surface area contributed by atoms with Crippen molar-refractivity contribution in [1.82, 2.24) is 10.2 Å². The Morgan fingerprint density at radius 3 is 2.18 bits per heavy atom. The fourth-order valence-electron chi connectivity index (χ4n) is 4.50. The minimum atomic E-state index is -0.244. The van der Waals surface area contributed by atoms with Crippen LogP contribution in [-0.2, 0) is 11.8 Å². The van der Waals surface area contributed by atoms with Crippen LogP contribution >= 0.6 is 0 Å². The number of hydrogen-bond acceptors (Lipinski definition) is 3. The monoisotopic (exact) mass is 369 g/mol. The molecule has 2 aliphatic rings. The maximum atomic E-state index is 9.60. The molecule has 0 amide bonds. The van der Waals surface area contributed by atoms with E-state index >= 15 is 0 Å². The summed E-state index contributed by atoms with van der Waals surface area (Å²) in [6.45, 7) is 0. The van der Waals surface area contributed by atoms with Gasteiger partial charge in [-0.1, -0.05) is 84.4 Å². The van der Waals surface area contributed by atoms with Crippen molar-refractivity contribution in [2.75, 3.05) is 0 Å². The third-order valence-electron chi connectivity index (χ3n) is 6.29. The summed E-state index contributed by atoms with van der Waals surface area (Å²) in [5.41, 5.74) is 5.94. The Kier molecular flexibility index (Phi) is 4.12. The molecule has 1 heterocycles. The summed E-state index contributed by atoms with van der Waals surface area (Å²) in [6, 6.07) is 21.2. The molecule has 4 nitrogen and oxygen atoms in total. The smallest absolute Gasteiger partial charge is 0.117 e. The molecule has 0 radical (unpaired) electrons. The van der Waals surface area contributed by atoms with Crippen molar-refractivity contribution >= 4 is 11.8 Å². The first kappa shape index (κ1) is 17.0. The molecule has 28 heavy (non-hydrogen) atoms. The predicted molar refractivity (Wildman–Crippen MR) is 111 cm³/mol. The SMILES string of the molecule is O/N=C(\c1n[nH]c2c1C=CC(c1ccccc1)(c1ccccc1)C2)C1CCC1.